The van der Waals surface area contributed by atoms with Crippen molar-refractivity contribution >= 4 is 5.91 Å². The fourth-order valence-electron chi connectivity index (χ4n) is 2.99. The highest BCUT2D eigenvalue weighted by atomic mass is 16.1. The minimum atomic E-state index is -0.00841. The third kappa shape index (κ3) is 2.71. The van der Waals surface area contributed by atoms with Gasteiger partial charge < -0.3 is 5.32 Å². The van der Waals surface area contributed by atoms with Crippen LogP contribution in [-0.4, -0.2) is 56.2 Å². The second kappa shape index (κ2) is 5.49. The first-order valence-electron chi connectivity index (χ1n) is 7.68. The number of hydrogen-bond acceptors (Lipinski definition) is 5. The Labute approximate surface area is 128 Å². The normalized spacial score (nSPS) is 21.9. The Kier molecular flexibility index (Phi) is 3.34. The van der Waals surface area contributed by atoms with Crippen LogP contribution in [0, 0.1) is 0 Å². The Morgan fingerprint density at radius 1 is 1.18 bits per heavy atom. The van der Waals surface area contributed by atoms with Crippen LogP contribution in [0.2, 0.25) is 0 Å². The van der Waals surface area contributed by atoms with Gasteiger partial charge in [0.15, 0.2) is 0 Å². The van der Waals surface area contributed by atoms with E-state index < -0.39 is 0 Å². The summed E-state index contributed by atoms with van der Waals surface area (Å²) >= 11 is 0. The van der Waals surface area contributed by atoms with Gasteiger partial charge in [-0.05, 0) is 54.0 Å². The minimum absolute atomic E-state index is 0.00841. The van der Waals surface area contributed by atoms with Crippen molar-refractivity contribution in [1.82, 2.24) is 30.4 Å². The topological polar surface area (TPSA) is 75.9 Å². The van der Waals surface area contributed by atoms with Crippen LogP contribution in [0.15, 0.2) is 30.6 Å². The van der Waals surface area contributed by atoms with E-state index in [9.17, 15) is 4.79 Å². The van der Waals surface area contributed by atoms with Crippen molar-refractivity contribution < 1.29 is 4.79 Å². The maximum absolute atomic E-state index is 12.3. The summed E-state index contributed by atoms with van der Waals surface area (Å²) in [5.74, 6) is -0.00841. The maximum atomic E-state index is 12.3. The van der Waals surface area contributed by atoms with E-state index in [0.717, 1.165) is 31.2 Å². The van der Waals surface area contributed by atoms with Crippen molar-refractivity contribution in [3.63, 3.8) is 0 Å². The molecule has 22 heavy (non-hydrogen) atoms. The van der Waals surface area contributed by atoms with Crippen molar-refractivity contribution in [3.05, 3.63) is 36.2 Å². The lowest BCUT2D eigenvalue weighted by atomic mass is 10.1. The van der Waals surface area contributed by atoms with Crippen LogP contribution in [0.1, 0.15) is 29.6 Å². The Morgan fingerprint density at radius 3 is 2.68 bits per heavy atom. The molecule has 1 aliphatic carbocycles. The van der Waals surface area contributed by atoms with Gasteiger partial charge >= 0.3 is 0 Å². The average molecular weight is 298 g/mol. The molecule has 0 unspecified atom stereocenters. The van der Waals surface area contributed by atoms with Gasteiger partial charge in [0.2, 0.25) is 0 Å². The summed E-state index contributed by atoms with van der Waals surface area (Å²) in [4.78, 5) is 14.8. The SMILES string of the molecule is O=C(N[C@@H]1CCN(C2CC2)C1)c1ccc(-n2cnnn2)cc1. The molecule has 7 nitrogen and oxygen atoms in total. The lowest BCUT2D eigenvalue weighted by molar-refractivity contribution is 0.0937. The zero-order valence-electron chi connectivity index (χ0n) is 12.2. The molecule has 7 heteroatoms. The summed E-state index contributed by atoms with van der Waals surface area (Å²) < 4.78 is 1.56. The number of carbonyl (C=O) groups is 1. The quantitative estimate of drug-likeness (QED) is 0.896. The van der Waals surface area contributed by atoms with Crippen LogP contribution >= 0.6 is 0 Å². The number of likely N-dealkylation sites (tertiary alicyclic amines) is 1. The summed E-state index contributed by atoms with van der Waals surface area (Å²) in [7, 11) is 0. The molecule has 0 radical (unpaired) electrons. The molecular weight excluding hydrogens is 280 g/mol. The van der Waals surface area contributed by atoms with E-state index in [1.807, 2.05) is 12.1 Å². The number of hydrogen-bond donors (Lipinski definition) is 1. The van der Waals surface area contributed by atoms with Gasteiger partial charge in [-0.15, -0.1) is 5.10 Å². The van der Waals surface area contributed by atoms with E-state index in [1.165, 1.54) is 19.2 Å². The Hall–Kier alpha value is -2.28. The van der Waals surface area contributed by atoms with Crippen LogP contribution < -0.4 is 5.32 Å². The van der Waals surface area contributed by atoms with Crippen molar-refractivity contribution in [2.45, 2.75) is 31.3 Å². The first-order chi connectivity index (χ1) is 10.8. The lowest BCUT2D eigenvalue weighted by Gasteiger charge is -2.15. The molecule has 2 fully saturated rings. The molecule has 0 bridgehead atoms. The predicted octanol–water partition coefficient (Wildman–Crippen LogP) is 0.629. The zero-order chi connectivity index (χ0) is 14.9. The van der Waals surface area contributed by atoms with E-state index in [4.69, 9.17) is 0 Å². The number of nitrogens with zero attached hydrogens (tertiary/aromatic N) is 5. The molecule has 1 N–H and O–H groups in total. The highest BCUT2D eigenvalue weighted by molar-refractivity contribution is 5.94. The molecule has 1 aromatic heterocycles. The van der Waals surface area contributed by atoms with Crippen LogP contribution in [0.5, 0.6) is 0 Å². The van der Waals surface area contributed by atoms with E-state index >= 15 is 0 Å². The van der Waals surface area contributed by atoms with Gasteiger partial charge in [0.1, 0.15) is 6.33 Å². The van der Waals surface area contributed by atoms with Gasteiger partial charge in [-0.3, -0.25) is 9.69 Å². The fraction of sp³-hybridized carbons (Fsp3) is 0.467. The molecule has 2 aromatic rings. The second-order valence-electron chi connectivity index (χ2n) is 5.99. The van der Waals surface area contributed by atoms with Crippen molar-refractivity contribution in [3.8, 4) is 5.69 Å². The zero-order valence-corrected chi connectivity index (χ0v) is 12.2. The molecule has 1 saturated carbocycles. The largest absolute Gasteiger partial charge is 0.348 e. The molecule has 2 aliphatic rings. The first kappa shape index (κ1) is 13.4. The number of rotatable bonds is 4. The molecule has 1 aromatic carbocycles. The Balaban J connectivity index is 1.38. The van der Waals surface area contributed by atoms with E-state index in [2.05, 4.69) is 25.7 Å². The van der Waals surface area contributed by atoms with E-state index in [1.54, 1.807) is 16.8 Å². The molecule has 1 aliphatic heterocycles. The molecule has 4 rings (SSSR count). The van der Waals surface area contributed by atoms with Gasteiger partial charge in [-0.25, -0.2) is 4.68 Å². The maximum Gasteiger partial charge on any atom is 0.251 e. The highest BCUT2D eigenvalue weighted by Crippen LogP contribution is 2.29. The summed E-state index contributed by atoms with van der Waals surface area (Å²) in [5.41, 5.74) is 1.50. The minimum Gasteiger partial charge on any atom is -0.348 e. The van der Waals surface area contributed by atoms with E-state index in [-0.39, 0.29) is 11.9 Å². The van der Waals surface area contributed by atoms with Crippen LogP contribution in [-0.2, 0) is 0 Å². The van der Waals surface area contributed by atoms with Crippen LogP contribution in [0.25, 0.3) is 5.69 Å². The average Bonchev–Trinajstić information content (AvgIpc) is 3.06. The smallest absolute Gasteiger partial charge is 0.251 e. The molecule has 0 spiro atoms. The molecule has 1 amide bonds. The third-order valence-electron chi connectivity index (χ3n) is 4.36. The predicted molar refractivity (Wildman–Crippen MR) is 79.6 cm³/mol. The third-order valence-corrected chi connectivity index (χ3v) is 4.36. The van der Waals surface area contributed by atoms with Crippen LogP contribution in [0.3, 0.4) is 0 Å². The van der Waals surface area contributed by atoms with Gasteiger partial charge in [0.05, 0.1) is 5.69 Å². The number of benzene rings is 1. The second-order valence-corrected chi connectivity index (χ2v) is 5.99. The van der Waals surface area contributed by atoms with Gasteiger partial charge in [-0.2, -0.15) is 0 Å². The summed E-state index contributed by atoms with van der Waals surface area (Å²) in [6.07, 6.45) is 5.21. The molecular formula is C15H18N6O. The van der Waals surface area contributed by atoms with Crippen molar-refractivity contribution in [2.24, 2.45) is 0 Å². The van der Waals surface area contributed by atoms with Crippen molar-refractivity contribution in [2.75, 3.05) is 13.1 Å². The molecule has 1 atom stereocenters. The number of amides is 1. The Morgan fingerprint density at radius 2 is 2.00 bits per heavy atom. The fourth-order valence-corrected chi connectivity index (χ4v) is 2.99. The number of carbonyl (C=O) groups excluding carboxylic acids is 1. The Bertz CT molecular complexity index is 649. The number of aromatic nitrogens is 4. The number of nitrogens with one attached hydrogen (secondary N) is 1. The lowest BCUT2D eigenvalue weighted by Crippen LogP contribution is -2.37. The molecule has 1 saturated heterocycles. The standard InChI is InChI=1S/C15H18N6O/c22-15(17-12-7-8-20(9-12)13-5-6-13)11-1-3-14(4-2-11)21-10-16-18-19-21/h1-4,10,12-13H,5-9H2,(H,17,22)/t12-/m1/s1. The summed E-state index contributed by atoms with van der Waals surface area (Å²) in [6, 6.07) is 8.34. The van der Waals surface area contributed by atoms with Gasteiger partial charge in [0.25, 0.3) is 5.91 Å². The number of tetrazole rings is 1. The summed E-state index contributed by atoms with van der Waals surface area (Å²) in [5, 5.41) is 14.2. The van der Waals surface area contributed by atoms with Gasteiger partial charge in [0, 0.05) is 30.7 Å². The highest BCUT2D eigenvalue weighted by Gasteiger charge is 2.34. The van der Waals surface area contributed by atoms with Crippen molar-refractivity contribution in [1.29, 1.82) is 0 Å². The monoisotopic (exact) mass is 298 g/mol. The molecule has 114 valence electrons. The van der Waals surface area contributed by atoms with E-state index in [0.29, 0.717) is 5.56 Å². The van der Waals surface area contributed by atoms with Gasteiger partial charge in [-0.1, -0.05) is 0 Å². The van der Waals surface area contributed by atoms with Crippen LogP contribution in [0.4, 0.5) is 0 Å². The first-order valence-corrected chi connectivity index (χ1v) is 7.68. The molecule has 2 heterocycles. The summed E-state index contributed by atoms with van der Waals surface area (Å²) in [6.45, 7) is 2.09.